The van der Waals surface area contributed by atoms with Gasteiger partial charge in [-0.1, -0.05) is 12.1 Å². The summed E-state index contributed by atoms with van der Waals surface area (Å²) in [7, 11) is 0. The van der Waals surface area contributed by atoms with Crippen LogP contribution >= 0.6 is 27.3 Å². The quantitative estimate of drug-likeness (QED) is 0.0120. The van der Waals surface area contributed by atoms with Gasteiger partial charge in [0.2, 0.25) is 41.4 Å². The van der Waals surface area contributed by atoms with Gasteiger partial charge < -0.3 is 156 Å². The van der Waals surface area contributed by atoms with Gasteiger partial charge in [-0.15, -0.1) is 0 Å². The molecule has 0 aliphatic carbocycles. The number of aryl methyl sites for hydroxylation is 1. The molecule has 16 atom stereocenters. The summed E-state index contributed by atoms with van der Waals surface area (Å²) in [6, 6.07) is 3.93. The van der Waals surface area contributed by atoms with Crippen LogP contribution in [-0.2, 0) is 197 Å². The van der Waals surface area contributed by atoms with Crippen molar-refractivity contribution in [1.29, 1.82) is 0 Å². The maximum atomic E-state index is 14.1. The molecular formula is C81H125IN7O42P. The molecule has 3 saturated heterocycles. The molecule has 0 saturated carbocycles. The van der Waals surface area contributed by atoms with E-state index in [1.165, 1.54) is 61.9 Å². The highest BCUT2D eigenvalue weighted by atomic mass is 127. The number of carbonyl (C=O) groups excluding carboxylic acids is 16. The Labute approximate surface area is 775 Å². The van der Waals surface area contributed by atoms with E-state index in [1.807, 2.05) is 0 Å². The van der Waals surface area contributed by atoms with Crippen LogP contribution in [0.1, 0.15) is 120 Å². The molecule has 2 unspecified atom stereocenters. The van der Waals surface area contributed by atoms with Crippen LogP contribution in [0.2, 0.25) is 0 Å². The third-order valence-electron chi connectivity index (χ3n) is 18.1. The average Bonchev–Trinajstić information content (AvgIpc) is 0.789. The normalized spacial score (nSPS) is 21.8. The predicted molar refractivity (Wildman–Crippen MR) is 454 cm³/mol. The number of ether oxygens (including phenoxy) is 23. The predicted octanol–water partition coefficient (Wildman–Crippen LogP) is -1.55. The van der Waals surface area contributed by atoms with Gasteiger partial charge in [0.15, 0.2) is 49.4 Å². The van der Waals surface area contributed by atoms with Gasteiger partial charge in [0.1, 0.15) is 67.6 Å². The van der Waals surface area contributed by atoms with Crippen molar-refractivity contribution in [2.24, 2.45) is 0 Å². The minimum absolute atomic E-state index is 0.00475. The molecular weight excluding hydrogens is 1900 g/mol. The van der Waals surface area contributed by atoms with Crippen LogP contribution in [0.3, 0.4) is 0 Å². The Bertz CT molecular complexity index is 3720. The van der Waals surface area contributed by atoms with E-state index in [9.17, 15) is 86.2 Å². The fourth-order valence-electron chi connectivity index (χ4n) is 12.7. The summed E-state index contributed by atoms with van der Waals surface area (Å²) in [6.45, 7) is 8.69. The number of rotatable bonds is 65. The minimum atomic E-state index is -3.78. The molecule has 7 amide bonds. The molecule has 3 heterocycles. The third kappa shape index (κ3) is 50.8. The third-order valence-corrected chi connectivity index (χ3v) is 19.1. The lowest BCUT2D eigenvalue weighted by molar-refractivity contribution is -0.279. The molecule has 748 valence electrons. The number of halogens is 1. The number of hydrogen-bond donors (Lipinski definition) is 8. The molecule has 1 aromatic rings. The zero-order valence-corrected chi connectivity index (χ0v) is 78.8. The second kappa shape index (κ2) is 64.0. The summed E-state index contributed by atoms with van der Waals surface area (Å²) < 4.78 is 147. The highest BCUT2D eigenvalue weighted by Crippen LogP contribution is 2.51. The van der Waals surface area contributed by atoms with Crippen LogP contribution in [0.4, 0.5) is 0 Å². The van der Waals surface area contributed by atoms with E-state index in [0.29, 0.717) is 6.42 Å². The Morgan fingerprint density at radius 2 is 0.705 bits per heavy atom. The first kappa shape index (κ1) is 115. The van der Waals surface area contributed by atoms with Crippen LogP contribution in [0.15, 0.2) is 24.3 Å². The van der Waals surface area contributed by atoms with E-state index in [2.05, 4.69) is 37.2 Å². The molecule has 0 spiro atoms. The summed E-state index contributed by atoms with van der Waals surface area (Å²) in [6.07, 6.45) is -15.3. The van der Waals surface area contributed by atoms with Gasteiger partial charge >= 0.3 is 59.0 Å². The fraction of sp³-hybridized carbons (Fsp3) is 0.728. The fourth-order valence-corrected chi connectivity index (χ4v) is 13.8. The van der Waals surface area contributed by atoms with E-state index >= 15 is 0 Å². The highest BCUT2D eigenvalue weighted by Gasteiger charge is 2.53. The Kier molecular flexibility index (Phi) is 55.8. The van der Waals surface area contributed by atoms with E-state index in [4.69, 9.17) is 113 Å². The van der Waals surface area contributed by atoms with E-state index in [0.717, 1.165) is 54.0 Å². The molecule has 1 aromatic carbocycles. The van der Waals surface area contributed by atoms with Crippen LogP contribution in [0.5, 0.6) is 5.75 Å². The molecule has 132 heavy (non-hydrogen) atoms. The second-order valence-corrected chi connectivity index (χ2v) is 34.3. The van der Waals surface area contributed by atoms with Gasteiger partial charge in [0.25, 0.3) is 0 Å². The minimum Gasteiger partial charge on any atom is -0.463 e. The smallest absolute Gasteiger partial charge is 0.436 e. The highest BCUT2D eigenvalue weighted by molar-refractivity contribution is 14.2. The van der Waals surface area contributed by atoms with E-state index in [1.54, 1.807) is 12.1 Å². The van der Waals surface area contributed by atoms with Gasteiger partial charge in [-0.05, 0) is 24.1 Å². The van der Waals surface area contributed by atoms with Gasteiger partial charge in [0, 0.05) is 141 Å². The molecule has 4 rings (SSSR count). The zero-order valence-electron chi connectivity index (χ0n) is 75.7. The lowest BCUT2D eigenvalue weighted by atomic mass is 9.96. The van der Waals surface area contributed by atoms with Crippen LogP contribution in [0.25, 0.3) is 0 Å². The Balaban J connectivity index is 1.43. The Morgan fingerprint density at radius 1 is 0.379 bits per heavy atom. The molecule has 0 aromatic heterocycles. The molecule has 3 aliphatic rings. The standard InChI is InChI=1S/C81H125IN7O42P/c1-49(90)87-72-77(126-58(10)99)75(124-56(8)97)64(44-120-52(4)93)129-79(72)117-40-37-111-32-24-85-68(103)19-28-114-47-81(89-70(105)21-26-108-34-35-109-30-22-83-66(101)17-14-60-12-15-61(16-13-60)131-132(82,106)107,46-113-27-18-67(102)84-23-31-110-36-39-116-71-42-62(122-54(6)95)74(123-55(7)96)63(128-71)43-119-51(3)92)48-115-29-20-69(104)86-25-33-112-38-41-118-80-73(88-50(2)91)78(127-59(11)100)76(125-57(9)98)65(130-80)45-121-53(5)94/h12-13,15-16,62-65,71-80H,14,17-48H2,1-11H3,(H,83,101)(H,84,102)(H,85,103)(H,86,104)(H,87,90)(H,88,91)(H,89,105)(H,106,107)/t62-,63-,64-,65-,71-,72+,73+,74-,75-,76-,77+,78+,79-,80+,81?/m1/s1. The maximum Gasteiger partial charge on any atom is 0.436 e. The maximum absolute atomic E-state index is 14.1. The molecule has 3 aliphatic heterocycles. The van der Waals surface area contributed by atoms with Gasteiger partial charge in [-0.2, -0.15) is 0 Å². The average molecular weight is 2030 g/mol. The number of carbonyl (C=O) groups is 16. The Hall–Kier alpha value is -9.10. The monoisotopic (exact) mass is 2030 g/mol. The van der Waals surface area contributed by atoms with Crippen molar-refractivity contribution in [2.75, 3.05) is 172 Å². The van der Waals surface area contributed by atoms with Crippen molar-refractivity contribution in [2.45, 2.75) is 213 Å². The molecule has 0 bridgehead atoms. The van der Waals surface area contributed by atoms with Gasteiger partial charge in [-0.3, -0.25) is 76.7 Å². The molecule has 0 radical (unpaired) electrons. The summed E-state index contributed by atoms with van der Waals surface area (Å²) in [4.78, 5) is 209. The molecule has 8 N–H and O–H groups in total. The largest absolute Gasteiger partial charge is 0.463 e. The summed E-state index contributed by atoms with van der Waals surface area (Å²) in [5, 5.41) is 15.2. The first-order valence-corrected chi connectivity index (χ1v) is 46.7. The summed E-state index contributed by atoms with van der Waals surface area (Å²) in [5.41, 5.74) is -0.823. The molecule has 49 nitrogen and oxygen atoms in total. The topological polar surface area (TPSA) is 616 Å². The first-order valence-electron chi connectivity index (χ1n) is 42.3. The number of amides is 7. The summed E-state index contributed by atoms with van der Waals surface area (Å²) >= 11 is 1.30. The van der Waals surface area contributed by atoms with Gasteiger partial charge in [-0.25, -0.2) is 4.57 Å². The van der Waals surface area contributed by atoms with Crippen LogP contribution in [0, 0.1) is 0 Å². The number of benzene rings is 1. The van der Waals surface area contributed by atoms with Crippen molar-refractivity contribution in [1.82, 2.24) is 37.2 Å². The van der Waals surface area contributed by atoms with Crippen LogP contribution < -0.4 is 41.7 Å². The van der Waals surface area contributed by atoms with Crippen molar-refractivity contribution >= 4 is 122 Å². The van der Waals surface area contributed by atoms with Crippen molar-refractivity contribution in [3.8, 4) is 5.75 Å². The van der Waals surface area contributed by atoms with Crippen molar-refractivity contribution in [3.63, 3.8) is 0 Å². The van der Waals surface area contributed by atoms with E-state index in [-0.39, 0.29) is 189 Å². The first-order chi connectivity index (χ1) is 62.7. The van der Waals surface area contributed by atoms with Crippen molar-refractivity contribution in [3.05, 3.63) is 29.8 Å². The Morgan fingerprint density at radius 3 is 1.07 bits per heavy atom. The van der Waals surface area contributed by atoms with E-state index < -0.39 is 219 Å². The number of nitrogens with one attached hydrogen (secondary N) is 7. The zero-order chi connectivity index (χ0) is 97.6. The lowest BCUT2D eigenvalue weighted by Gasteiger charge is -2.44. The molecule has 51 heteroatoms. The SMILES string of the molecule is CC(=O)N[C@@H]1[C@H](OCCOCCNC(=O)CCOCC(COCCC(=O)NCCOCCO[C@H]2C[C@@H](OC(C)=O)[C@@H](OC(C)=O)[C@@H](COC(C)=O)O2)(COCCC(=O)NCCOCCO[C@H]2O[C@H](COC(C)=O)[C@@H](OC(C)=O)[C@@H](OC(C)=O)[C@@H]2NC(C)=O)NC(=O)CCOCCOCCNC(=O)CCc2ccc(OP(=O)(O)I)cc2)O[C@H](COC(C)=O)[C@@H](OC(C)=O)[C@H]1OC(C)=O. The second-order valence-electron chi connectivity index (χ2n) is 29.6. The number of esters is 9. The summed E-state index contributed by atoms with van der Waals surface area (Å²) in [5.74, 6) is -9.96. The van der Waals surface area contributed by atoms with Gasteiger partial charge in [0.05, 0.1) is 148 Å². The lowest BCUT2D eigenvalue weighted by Crippen LogP contribution is -2.66. The van der Waals surface area contributed by atoms with Crippen LogP contribution in [-0.4, -0.2) is 363 Å². The number of hydrogen-bond acceptors (Lipinski definition) is 41. The molecule has 3 fully saturated rings. The van der Waals surface area contributed by atoms with Crippen molar-refractivity contribution < 1.29 is 200 Å².